The average Bonchev–Trinajstić information content (AvgIpc) is 3.28. The molecule has 3 rings (SSSR count). The Morgan fingerprint density at radius 2 is 1.82 bits per heavy atom. The third kappa shape index (κ3) is 6.11. The van der Waals surface area contributed by atoms with Crippen molar-refractivity contribution in [3.63, 3.8) is 0 Å². The number of carbonyl (C=O) groups excluding carboxylic acids is 2. The van der Waals surface area contributed by atoms with Crippen LogP contribution in [0.2, 0.25) is 15.1 Å². The number of hydrogen-bond donors (Lipinski definition) is 0. The Hall–Kier alpha value is -2.11. The highest BCUT2D eigenvalue weighted by Crippen LogP contribution is 2.40. The Morgan fingerprint density at radius 3 is 2.44 bits per heavy atom. The number of aromatic nitrogens is 2. The molecule has 34 heavy (non-hydrogen) atoms. The highest BCUT2D eigenvalue weighted by molar-refractivity contribution is 6.44. The van der Waals surface area contributed by atoms with Crippen molar-refractivity contribution in [1.29, 1.82) is 0 Å². The number of hydrogen-bond acceptors (Lipinski definition) is 7. The van der Waals surface area contributed by atoms with Crippen LogP contribution in [0.1, 0.15) is 12.5 Å². The van der Waals surface area contributed by atoms with Gasteiger partial charge in [0.25, 0.3) is 0 Å². The molecule has 0 saturated carbocycles. The number of nitrogens with zero attached hydrogens (tertiary/aromatic N) is 2. The van der Waals surface area contributed by atoms with Crippen LogP contribution in [0.25, 0.3) is 17.3 Å². The van der Waals surface area contributed by atoms with Crippen LogP contribution in [0, 0.1) is 0 Å². The monoisotopic (exact) mass is 558 g/mol. The first-order chi connectivity index (χ1) is 16.0. The number of benzene rings is 1. The van der Waals surface area contributed by atoms with E-state index in [4.69, 9.17) is 60.6 Å². The standard InChI is InChI=1S/C20H16Cl4F2N2O6/c1-8(29)32-14-6-31-7-15(14)33-19(30)13(23)4-9-3-10(12(22)5-11(9)21)17-16(24)18(28(2)27-17)34-20(25)26/h3-5,14-15,20H,6-7H2,1-2H3. The van der Waals surface area contributed by atoms with E-state index in [1.54, 1.807) is 0 Å². The van der Waals surface area contributed by atoms with Gasteiger partial charge < -0.3 is 18.9 Å². The zero-order valence-corrected chi connectivity index (χ0v) is 20.5. The largest absolute Gasteiger partial charge is 0.456 e. The first-order valence-corrected chi connectivity index (χ1v) is 11.0. The Labute approximate surface area is 212 Å². The molecule has 0 aliphatic carbocycles. The second-order valence-corrected chi connectivity index (χ2v) is 8.54. The summed E-state index contributed by atoms with van der Waals surface area (Å²) >= 11 is 24.8. The molecule has 0 spiro atoms. The van der Waals surface area contributed by atoms with Crippen LogP contribution in [0.15, 0.2) is 17.2 Å². The van der Waals surface area contributed by atoms with Gasteiger partial charge in [0.15, 0.2) is 12.2 Å². The van der Waals surface area contributed by atoms with Crippen LogP contribution >= 0.6 is 46.4 Å². The number of rotatable bonds is 7. The summed E-state index contributed by atoms with van der Waals surface area (Å²) in [4.78, 5) is 23.6. The van der Waals surface area contributed by atoms with Gasteiger partial charge >= 0.3 is 18.6 Å². The predicted molar refractivity (Wildman–Crippen MR) is 120 cm³/mol. The van der Waals surface area contributed by atoms with Crippen molar-refractivity contribution in [1.82, 2.24) is 9.78 Å². The molecule has 1 aromatic heterocycles. The first kappa shape index (κ1) is 26.5. The van der Waals surface area contributed by atoms with E-state index in [-0.39, 0.29) is 56.0 Å². The molecule has 1 aliphatic heterocycles. The van der Waals surface area contributed by atoms with Gasteiger partial charge in [-0.2, -0.15) is 13.9 Å². The molecule has 1 fully saturated rings. The second kappa shape index (κ2) is 11.1. The van der Waals surface area contributed by atoms with E-state index in [1.165, 1.54) is 32.2 Å². The molecule has 0 amide bonds. The second-order valence-electron chi connectivity index (χ2n) is 6.94. The molecule has 1 aromatic carbocycles. The molecule has 2 heterocycles. The van der Waals surface area contributed by atoms with Gasteiger partial charge in [-0.3, -0.25) is 4.79 Å². The summed E-state index contributed by atoms with van der Waals surface area (Å²) in [6.45, 7) is -1.79. The summed E-state index contributed by atoms with van der Waals surface area (Å²) in [6.07, 6.45) is -0.376. The van der Waals surface area contributed by atoms with Gasteiger partial charge in [-0.15, -0.1) is 0 Å². The molecule has 0 radical (unpaired) electrons. The quantitative estimate of drug-likeness (QED) is 0.344. The zero-order valence-electron chi connectivity index (χ0n) is 17.5. The normalized spacial score (nSPS) is 18.3. The Bertz CT molecular complexity index is 1140. The Morgan fingerprint density at radius 1 is 1.18 bits per heavy atom. The molecule has 2 unspecified atom stereocenters. The molecule has 0 bridgehead atoms. The minimum Gasteiger partial charge on any atom is -0.456 e. The Kier molecular flexibility index (Phi) is 8.64. The molecule has 1 saturated heterocycles. The van der Waals surface area contributed by atoms with Crippen molar-refractivity contribution in [3.05, 3.63) is 37.8 Å². The van der Waals surface area contributed by atoms with E-state index in [9.17, 15) is 18.4 Å². The highest BCUT2D eigenvalue weighted by Gasteiger charge is 2.34. The van der Waals surface area contributed by atoms with E-state index < -0.39 is 30.8 Å². The molecule has 2 aromatic rings. The van der Waals surface area contributed by atoms with Crippen LogP contribution in [-0.2, 0) is 30.8 Å². The number of carbonyl (C=O) groups is 2. The molecular weight excluding hydrogens is 544 g/mol. The van der Waals surface area contributed by atoms with Crippen molar-refractivity contribution in [2.75, 3.05) is 13.2 Å². The summed E-state index contributed by atoms with van der Waals surface area (Å²) in [5.74, 6) is -1.82. The minimum atomic E-state index is -3.12. The van der Waals surface area contributed by atoms with Crippen LogP contribution < -0.4 is 4.74 Å². The third-order valence-electron chi connectivity index (χ3n) is 4.51. The average molecular weight is 560 g/mol. The van der Waals surface area contributed by atoms with E-state index in [1.807, 2.05) is 0 Å². The lowest BCUT2D eigenvalue weighted by Crippen LogP contribution is -2.33. The van der Waals surface area contributed by atoms with Gasteiger partial charge in [0, 0.05) is 24.6 Å². The predicted octanol–water partition coefficient (Wildman–Crippen LogP) is 5.10. The van der Waals surface area contributed by atoms with Crippen molar-refractivity contribution >= 4 is 64.4 Å². The summed E-state index contributed by atoms with van der Waals surface area (Å²) in [5.41, 5.74) is 0.501. The fraction of sp³-hybridized carbons (Fsp3) is 0.350. The number of aryl methyl sites for hydroxylation is 1. The van der Waals surface area contributed by atoms with Gasteiger partial charge in [0.05, 0.1) is 18.2 Å². The Balaban J connectivity index is 1.88. The number of esters is 2. The van der Waals surface area contributed by atoms with Crippen LogP contribution in [0.3, 0.4) is 0 Å². The summed E-state index contributed by atoms with van der Waals surface area (Å²) in [6, 6.07) is 2.76. The topological polar surface area (TPSA) is 88.9 Å². The summed E-state index contributed by atoms with van der Waals surface area (Å²) in [5, 5.41) is 3.76. The lowest BCUT2D eigenvalue weighted by Gasteiger charge is -2.17. The summed E-state index contributed by atoms with van der Waals surface area (Å²) in [7, 11) is 1.36. The fourth-order valence-corrected chi connectivity index (χ4v) is 4.06. The molecule has 1 aliphatic rings. The summed E-state index contributed by atoms with van der Waals surface area (Å²) < 4.78 is 46.3. The smallest absolute Gasteiger partial charge is 0.388 e. The van der Waals surface area contributed by atoms with Gasteiger partial charge in [0.2, 0.25) is 5.88 Å². The maximum Gasteiger partial charge on any atom is 0.388 e. The van der Waals surface area contributed by atoms with E-state index >= 15 is 0 Å². The lowest BCUT2D eigenvalue weighted by atomic mass is 10.1. The van der Waals surface area contributed by atoms with Gasteiger partial charge in [0.1, 0.15) is 15.7 Å². The van der Waals surface area contributed by atoms with Crippen molar-refractivity contribution in [2.24, 2.45) is 7.05 Å². The fourth-order valence-electron chi connectivity index (χ4n) is 3.06. The molecular formula is C20H16Cl4F2N2O6. The van der Waals surface area contributed by atoms with Gasteiger partial charge in [-0.1, -0.05) is 46.4 Å². The van der Waals surface area contributed by atoms with E-state index in [0.717, 1.165) is 4.68 Å². The number of alkyl halides is 2. The third-order valence-corrected chi connectivity index (χ3v) is 5.76. The van der Waals surface area contributed by atoms with Crippen LogP contribution in [-0.4, -0.2) is 53.8 Å². The maximum atomic E-state index is 12.7. The maximum absolute atomic E-state index is 12.7. The van der Waals surface area contributed by atoms with Crippen molar-refractivity contribution in [2.45, 2.75) is 25.7 Å². The van der Waals surface area contributed by atoms with Gasteiger partial charge in [-0.25, -0.2) is 9.48 Å². The SMILES string of the molecule is CC(=O)OC1COCC1OC(=O)C(Cl)=Cc1cc(-c2nn(C)c(OC(F)F)c2Cl)c(Cl)cc1Cl. The molecule has 0 N–H and O–H groups in total. The zero-order chi connectivity index (χ0) is 25.2. The molecule has 2 atom stereocenters. The number of halogens is 6. The van der Waals surface area contributed by atoms with Gasteiger partial charge in [-0.05, 0) is 23.8 Å². The molecule has 8 nitrogen and oxygen atoms in total. The van der Waals surface area contributed by atoms with Crippen LogP contribution in [0.4, 0.5) is 8.78 Å². The highest BCUT2D eigenvalue weighted by atomic mass is 35.5. The van der Waals surface area contributed by atoms with E-state index in [0.29, 0.717) is 0 Å². The van der Waals surface area contributed by atoms with E-state index in [2.05, 4.69) is 9.84 Å². The molecule has 14 heteroatoms. The van der Waals surface area contributed by atoms with Crippen molar-refractivity contribution < 1.29 is 37.3 Å². The minimum absolute atomic E-state index is 0.0287. The van der Waals surface area contributed by atoms with Crippen molar-refractivity contribution in [3.8, 4) is 17.1 Å². The lowest BCUT2D eigenvalue weighted by molar-refractivity contribution is -0.159. The molecule has 184 valence electrons. The first-order valence-electron chi connectivity index (χ1n) is 9.47. The number of ether oxygens (including phenoxy) is 4. The van der Waals surface area contributed by atoms with Crippen LogP contribution in [0.5, 0.6) is 5.88 Å².